The fourth-order valence-electron chi connectivity index (χ4n) is 1.59. The summed E-state index contributed by atoms with van der Waals surface area (Å²) in [6.07, 6.45) is 0. The third-order valence-electron chi connectivity index (χ3n) is 2.66. The molecule has 1 N–H and O–H groups in total. The lowest BCUT2D eigenvalue weighted by atomic mass is 10.2. The predicted molar refractivity (Wildman–Crippen MR) is 84.9 cm³/mol. The van der Waals surface area contributed by atoms with Crippen molar-refractivity contribution in [3.05, 3.63) is 59.8 Å². The molecule has 10 heteroatoms. The molecule has 1 heterocycles. The number of hydrazone groups is 1. The predicted octanol–water partition coefficient (Wildman–Crippen LogP) is 4.05. The topological polar surface area (TPSA) is 111 Å². The Morgan fingerprint density at radius 2 is 1.95 bits per heavy atom. The molecule has 0 spiro atoms. The highest BCUT2D eigenvalue weighted by molar-refractivity contribution is 7.18. The summed E-state index contributed by atoms with van der Waals surface area (Å²) in [6, 6.07) is 6.79. The highest BCUT2D eigenvalue weighted by atomic mass is 35.5. The van der Waals surface area contributed by atoms with Crippen molar-refractivity contribution in [2.24, 2.45) is 5.10 Å². The van der Waals surface area contributed by atoms with Gasteiger partial charge in [-0.1, -0.05) is 11.6 Å². The second-order valence-electron chi connectivity index (χ2n) is 4.13. The largest absolute Gasteiger partial charge is 0.301 e. The second-order valence-corrected chi connectivity index (χ2v) is 5.84. The first kappa shape index (κ1) is 15.9. The van der Waals surface area contributed by atoms with Crippen molar-refractivity contribution >= 4 is 45.7 Å². The van der Waals surface area contributed by atoms with Crippen LogP contribution < -0.4 is 5.43 Å². The van der Waals surface area contributed by atoms with Gasteiger partial charge >= 0.3 is 5.69 Å². The molecule has 22 heavy (non-hydrogen) atoms. The van der Waals surface area contributed by atoms with Crippen LogP contribution in [0.1, 0.15) is 11.8 Å². The van der Waals surface area contributed by atoms with Crippen molar-refractivity contribution < 1.29 is 9.85 Å². The number of nitro benzene ring substituents is 2. The molecule has 8 nitrogen and oxygen atoms in total. The number of nitrogens with one attached hydrogen (secondary N) is 1. The van der Waals surface area contributed by atoms with E-state index in [-0.39, 0.29) is 11.4 Å². The van der Waals surface area contributed by atoms with E-state index < -0.39 is 15.5 Å². The van der Waals surface area contributed by atoms with Gasteiger partial charge in [-0.25, -0.2) is 0 Å². The first-order chi connectivity index (χ1) is 10.4. The fraction of sp³-hybridized carbons (Fsp3) is 0.0833. The maximum absolute atomic E-state index is 11.0. The Balaban J connectivity index is 2.29. The molecule has 1 aromatic heterocycles. The minimum absolute atomic E-state index is 0.0672. The number of benzene rings is 1. The zero-order valence-corrected chi connectivity index (χ0v) is 12.7. The van der Waals surface area contributed by atoms with Gasteiger partial charge in [0, 0.05) is 6.07 Å². The normalized spacial score (nSPS) is 11.3. The molecule has 0 amide bonds. The van der Waals surface area contributed by atoms with Crippen LogP contribution in [0.3, 0.4) is 0 Å². The molecule has 0 atom stereocenters. The summed E-state index contributed by atoms with van der Waals surface area (Å²) in [7, 11) is 0. The quantitative estimate of drug-likeness (QED) is 0.501. The van der Waals surface area contributed by atoms with E-state index in [1.54, 1.807) is 19.1 Å². The summed E-state index contributed by atoms with van der Waals surface area (Å²) >= 11 is 7.14. The Bertz CT molecular complexity index is 774. The summed E-state index contributed by atoms with van der Waals surface area (Å²) in [6.45, 7) is 1.71. The third-order valence-corrected chi connectivity index (χ3v) is 4.00. The van der Waals surface area contributed by atoms with Gasteiger partial charge in [0.25, 0.3) is 5.69 Å². The van der Waals surface area contributed by atoms with Gasteiger partial charge in [0.2, 0.25) is 0 Å². The lowest BCUT2D eigenvalue weighted by Gasteiger charge is -2.03. The Morgan fingerprint density at radius 3 is 2.50 bits per heavy atom. The van der Waals surface area contributed by atoms with E-state index in [0.717, 1.165) is 10.9 Å². The molecular formula is C12H9ClN4O4S. The molecule has 114 valence electrons. The first-order valence-electron chi connectivity index (χ1n) is 5.87. The van der Waals surface area contributed by atoms with Crippen LogP contribution in [0.25, 0.3) is 0 Å². The van der Waals surface area contributed by atoms with Gasteiger partial charge in [0.1, 0.15) is 5.69 Å². The molecule has 1 aromatic carbocycles. The molecule has 0 unspecified atom stereocenters. The van der Waals surface area contributed by atoms with Crippen molar-refractivity contribution in [2.45, 2.75) is 6.92 Å². The van der Waals surface area contributed by atoms with Gasteiger partial charge in [-0.15, -0.1) is 11.3 Å². The van der Waals surface area contributed by atoms with E-state index in [1.165, 1.54) is 23.5 Å². The lowest BCUT2D eigenvalue weighted by Crippen LogP contribution is -2.01. The van der Waals surface area contributed by atoms with Gasteiger partial charge < -0.3 is 0 Å². The lowest BCUT2D eigenvalue weighted by molar-refractivity contribution is -0.393. The minimum Gasteiger partial charge on any atom is -0.271 e. The van der Waals surface area contributed by atoms with Crippen LogP contribution in [0.4, 0.5) is 17.1 Å². The molecule has 0 saturated carbocycles. The summed E-state index contributed by atoms with van der Waals surface area (Å²) in [5, 5.41) is 25.7. The Kier molecular flexibility index (Phi) is 4.68. The highest BCUT2D eigenvalue weighted by Crippen LogP contribution is 2.29. The monoisotopic (exact) mass is 340 g/mol. The molecule has 0 aliphatic heterocycles. The minimum atomic E-state index is -0.706. The number of anilines is 1. The molecule has 2 aromatic rings. The van der Waals surface area contributed by atoms with Gasteiger partial charge in [-0.3, -0.25) is 25.7 Å². The van der Waals surface area contributed by atoms with Gasteiger partial charge in [-0.2, -0.15) is 5.10 Å². The van der Waals surface area contributed by atoms with E-state index in [0.29, 0.717) is 10.0 Å². The number of thiophene rings is 1. The molecule has 0 fully saturated rings. The molecule has 2 rings (SSSR count). The van der Waals surface area contributed by atoms with Crippen molar-refractivity contribution in [3.63, 3.8) is 0 Å². The zero-order valence-electron chi connectivity index (χ0n) is 11.1. The fourth-order valence-corrected chi connectivity index (χ4v) is 2.58. The number of halogens is 1. The first-order valence-corrected chi connectivity index (χ1v) is 7.07. The van der Waals surface area contributed by atoms with Crippen molar-refractivity contribution in [3.8, 4) is 0 Å². The third kappa shape index (κ3) is 3.57. The maximum Gasteiger partial charge on any atom is 0.301 e. The van der Waals surface area contributed by atoms with E-state index in [4.69, 9.17) is 11.6 Å². The van der Waals surface area contributed by atoms with Crippen molar-refractivity contribution in [2.75, 3.05) is 5.43 Å². The summed E-state index contributed by atoms with van der Waals surface area (Å²) in [5.41, 5.74) is 2.43. The van der Waals surface area contributed by atoms with Gasteiger partial charge in [0.15, 0.2) is 0 Å². The number of nitrogens with zero attached hydrogens (tertiary/aromatic N) is 3. The Hall–Kier alpha value is -2.52. The smallest absolute Gasteiger partial charge is 0.271 e. The Morgan fingerprint density at radius 1 is 1.23 bits per heavy atom. The summed E-state index contributed by atoms with van der Waals surface area (Å²) < 4.78 is 0.603. The number of hydrogen-bond acceptors (Lipinski definition) is 7. The van der Waals surface area contributed by atoms with Crippen LogP contribution in [0.5, 0.6) is 0 Å². The summed E-state index contributed by atoms with van der Waals surface area (Å²) in [5.74, 6) is 0. The van der Waals surface area contributed by atoms with Crippen LogP contribution >= 0.6 is 22.9 Å². The van der Waals surface area contributed by atoms with E-state index in [9.17, 15) is 20.2 Å². The highest BCUT2D eigenvalue weighted by Gasteiger charge is 2.19. The molecule has 0 radical (unpaired) electrons. The SMILES string of the molecule is C/C(=N\Nc1ccc([N+](=O)[O-])cc1[N+](=O)[O-])c1ccc(Cl)s1. The molecule has 0 bridgehead atoms. The standard InChI is InChI=1S/C12H9ClN4O4S/c1-7(11-4-5-12(13)22-11)14-15-9-3-2-8(16(18)19)6-10(9)17(20)21/h2-6,15H,1H3/b14-7+. The average Bonchev–Trinajstić information content (AvgIpc) is 2.91. The van der Waals surface area contributed by atoms with Crippen LogP contribution in [-0.2, 0) is 0 Å². The molecule has 0 saturated heterocycles. The number of nitro groups is 2. The number of hydrogen-bond donors (Lipinski definition) is 1. The number of non-ortho nitro benzene ring substituents is 1. The molecular weight excluding hydrogens is 332 g/mol. The molecule has 0 aliphatic carbocycles. The number of rotatable bonds is 5. The van der Waals surface area contributed by atoms with Crippen LogP contribution in [0.15, 0.2) is 35.4 Å². The van der Waals surface area contributed by atoms with Gasteiger partial charge in [0.05, 0.1) is 30.8 Å². The van der Waals surface area contributed by atoms with Crippen LogP contribution in [0, 0.1) is 20.2 Å². The van der Waals surface area contributed by atoms with Crippen molar-refractivity contribution in [1.29, 1.82) is 0 Å². The van der Waals surface area contributed by atoms with E-state index in [1.807, 2.05) is 0 Å². The maximum atomic E-state index is 11.0. The summed E-state index contributed by atoms with van der Waals surface area (Å²) in [4.78, 5) is 21.1. The van der Waals surface area contributed by atoms with Crippen molar-refractivity contribution in [1.82, 2.24) is 0 Å². The molecule has 0 aliphatic rings. The van der Waals surface area contributed by atoms with E-state index >= 15 is 0 Å². The van der Waals surface area contributed by atoms with Crippen LogP contribution in [0.2, 0.25) is 4.34 Å². The second kappa shape index (κ2) is 6.50. The Labute approximate surface area is 133 Å². The van der Waals surface area contributed by atoms with E-state index in [2.05, 4.69) is 10.5 Å². The zero-order chi connectivity index (χ0) is 16.3. The average molecular weight is 341 g/mol. The van der Waals surface area contributed by atoms with Gasteiger partial charge in [-0.05, 0) is 25.1 Å². The van der Waals surface area contributed by atoms with Crippen LogP contribution in [-0.4, -0.2) is 15.6 Å².